The van der Waals surface area contributed by atoms with E-state index in [1.54, 1.807) is 60.7 Å². The number of hydrogen-bond donors (Lipinski definition) is 9. The average Bonchev–Trinajstić information content (AvgIpc) is 4.11. The van der Waals surface area contributed by atoms with Gasteiger partial charge in [-0.25, -0.2) is 4.79 Å². The van der Waals surface area contributed by atoms with Crippen LogP contribution in [-0.2, 0) is 51.2 Å². The van der Waals surface area contributed by atoms with Crippen LogP contribution in [0, 0.1) is 0 Å². The van der Waals surface area contributed by atoms with E-state index in [9.17, 15) is 48.6 Å². The summed E-state index contributed by atoms with van der Waals surface area (Å²) in [5.74, 6) is -5.70. The van der Waals surface area contributed by atoms with Crippen molar-refractivity contribution in [1.82, 2.24) is 36.0 Å². The SMILES string of the molecule is NC(N)=NCCC[C@H](N)C(=O)N1CCC[C@H]1C(=O)N1CCC[C@H]1C(=O)NCC(=O)N[C@H](Cc1ccccc1)C(=O)N[C@@H](CO)C(=O)N1CCCC1C(=O)N[C@@H](Cc1ccccc1)C(=O)O. The fourth-order valence-corrected chi connectivity index (χ4v) is 8.51. The number of carboxylic acid groups (broad SMARTS) is 1. The number of hydrogen-bond acceptors (Lipinski definition) is 11. The number of aliphatic carboxylic acids is 1. The molecule has 0 aromatic heterocycles. The van der Waals surface area contributed by atoms with Crippen molar-refractivity contribution >= 4 is 53.3 Å². The molecule has 5 rings (SSSR count). The molecule has 0 saturated carbocycles. The van der Waals surface area contributed by atoms with Gasteiger partial charge in [0.15, 0.2) is 5.96 Å². The molecule has 0 spiro atoms. The third-order valence-electron chi connectivity index (χ3n) is 11.8. The minimum atomic E-state index is -1.52. The van der Waals surface area contributed by atoms with Crippen LogP contribution in [0.4, 0.5) is 0 Å². The summed E-state index contributed by atoms with van der Waals surface area (Å²) >= 11 is 0. The second-order valence-electron chi connectivity index (χ2n) is 16.5. The van der Waals surface area contributed by atoms with Crippen molar-refractivity contribution in [3.63, 3.8) is 0 Å². The number of aliphatic imine (C=N–C) groups is 1. The number of nitrogens with zero attached hydrogens (tertiary/aromatic N) is 4. The zero-order valence-corrected chi connectivity index (χ0v) is 36.3. The Bertz CT molecular complexity index is 2040. The van der Waals surface area contributed by atoms with E-state index in [-0.39, 0.29) is 50.1 Å². The van der Waals surface area contributed by atoms with Gasteiger partial charge in [-0.15, -0.1) is 0 Å². The highest BCUT2D eigenvalue weighted by molar-refractivity contribution is 5.97. The molecule has 3 aliphatic heterocycles. The molecule has 3 aliphatic rings. The highest BCUT2D eigenvalue weighted by Crippen LogP contribution is 2.26. The molecule has 1 unspecified atom stereocenters. The van der Waals surface area contributed by atoms with Gasteiger partial charge in [0.25, 0.3) is 0 Å². The van der Waals surface area contributed by atoms with Crippen molar-refractivity contribution in [1.29, 1.82) is 0 Å². The number of carbonyl (C=O) groups is 8. The number of nitrogens with two attached hydrogens (primary N) is 3. The summed E-state index contributed by atoms with van der Waals surface area (Å²) in [5.41, 5.74) is 18.2. The predicted molar refractivity (Wildman–Crippen MR) is 236 cm³/mol. The van der Waals surface area contributed by atoms with Gasteiger partial charge in [0.05, 0.1) is 19.2 Å². The maximum atomic E-state index is 13.8. The summed E-state index contributed by atoms with van der Waals surface area (Å²) in [6, 6.07) is 9.74. The van der Waals surface area contributed by atoms with Crippen molar-refractivity contribution in [2.24, 2.45) is 22.2 Å². The van der Waals surface area contributed by atoms with Gasteiger partial charge >= 0.3 is 5.97 Å². The summed E-state index contributed by atoms with van der Waals surface area (Å²) in [5, 5.41) is 30.4. The summed E-state index contributed by atoms with van der Waals surface area (Å²) < 4.78 is 0. The smallest absolute Gasteiger partial charge is 0.326 e. The standard InChI is InChI=1S/C44H61N11O10/c45-29(15-7-19-48-44(46)47)40(61)55-22-10-18-35(55)42(63)54-21-8-16-33(54)38(59)49-25-36(57)50-30(23-27-11-3-1-4-12-27)37(58)52-32(26-56)41(62)53-20-9-17-34(53)39(60)51-31(43(64)65)24-28-13-5-2-6-14-28/h1-6,11-14,29-35,56H,7-10,15-26,45H2,(H,49,59)(H,50,57)(H,51,60)(H,52,58)(H,64,65)(H4,46,47,48)/t29-,30+,31-,32-,33-,34?,35-/m0/s1. The summed E-state index contributed by atoms with van der Waals surface area (Å²) in [6.07, 6.45) is 3.23. The molecule has 12 N–H and O–H groups in total. The predicted octanol–water partition coefficient (Wildman–Crippen LogP) is -2.53. The summed E-state index contributed by atoms with van der Waals surface area (Å²) in [4.78, 5) is 115. The van der Waals surface area contributed by atoms with Crippen molar-refractivity contribution in [2.75, 3.05) is 39.3 Å². The van der Waals surface area contributed by atoms with E-state index in [4.69, 9.17) is 17.2 Å². The van der Waals surface area contributed by atoms with Crippen LogP contribution in [0.1, 0.15) is 62.5 Å². The number of carboxylic acids is 1. The van der Waals surface area contributed by atoms with Crippen molar-refractivity contribution in [3.05, 3.63) is 71.8 Å². The molecular weight excluding hydrogens is 843 g/mol. The molecule has 0 radical (unpaired) electrons. The lowest BCUT2D eigenvalue weighted by Crippen LogP contribution is -2.59. The first-order chi connectivity index (χ1) is 31.2. The number of guanidine groups is 1. The average molecular weight is 904 g/mol. The first-order valence-corrected chi connectivity index (χ1v) is 22.0. The van der Waals surface area contributed by atoms with Gasteiger partial charge in [-0.05, 0) is 62.5 Å². The molecule has 352 valence electrons. The minimum Gasteiger partial charge on any atom is -0.480 e. The van der Waals surface area contributed by atoms with Crippen molar-refractivity contribution < 1.29 is 48.6 Å². The first kappa shape index (κ1) is 49.4. The summed E-state index contributed by atoms with van der Waals surface area (Å²) in [7, 11) is 0. The van der Waals surface area contributed by atoms with Crippen LogP contribution in [0.5, 0.6) is 0 Å². The highest BCUT2D eigenvalue weighted by Gasteiger charge is 2.43. The minimum absolute atomic E-state index is 0.0128. The molecule has 3 fully saturated rings. The van der Waals surface area contributed by atoms with E-state index in [1.165, 1.54) is 14.7 Å². The number of carbonyl (C=O) groups excluding carboxylic acids is 7. The zero-order chi connectivity index (χ0) is 47.0. The van der Waals surface area contributed by atoms with Gasteiger partial charge in [0, 0.05) is 39.0 Å². The fourth-order valence-electron chi connectivity index (χ4n) is 8.51. The lowest BCUT2D eigenvalue weighted by molar-refractivity contribution is -0.147. The van der Waals surface area contributed by atoms with Crippen LogP contribution < -0.4 is 38.5 Å². The van der Waals surface area contributed by atoms with E-state index in [0.29, 0.717) is 69.2 Å². The summed E-state index contributed by atoms with van der Waals surface area (Å²) in [6.45, 7) is -0.378. The molecule has 21 heteroatoms. The molecule has 7 amide bonds. The van der Waals surface area contributed by atoms with Gasteiger partial charge in [0.1, 0.15) is 36.3 Å². The Morgan fingerprint density at radius 2 is 1.22 bits per heavy atom. The van der Waals surface area contributed by atoms with Crippen LogP contribution in [0.15, 0.2) is 65.7 Å². The topological polar surface area (TPSA) is 325 Å². The second-order valence-corrected chi connectivity index (χ2v) is 16.5. The second kappa shape index (κ2) is 23.9. The van der Waals surface area contributed by atoms with Gasteiger partial charge in [0.2, 0.25) is 41.4 Å². The molecule has 0 bridgehead atoms. The Balaban J connectivity index is 1.18. The number of amides is 7. The van der Waals surface area contributed by atoms with Crippen LogP contribution in [0.2, 0.25) is 0 Å². The van der Waals surface area contributed by atoms with Crippen LogP contribution >= 0.6 is 0 Å². The Morgan fingerprint density at radius 1 is 0.677 bits per heavy atom. The van der Waals surface area contributed by atoms with Crippen LogP contribution in [0.25, 0.3) is 0 Å². The molecule has 65 heavy (non-hydrogen) atoms. The normalized spacial score (nSPS) is 19.9. The highest BCUT2D eigenvalue weighted by atomic mass is 16.4. The third kappa shape index (κ3) is 13.7. The Morgan fingerprint density at radius 3 is 1.78 bits per heavy atom. The van der Waals surface area contributed by atoms with Gasteiger partial charge < -0.3 is 63.4 Å². The number of aliphatic hydroxyl groups excluding tert-OH is 1. The third-order valence-corrected chi connectivity index (χ3v) is 11.8. The number of benzene rings is 2. The van der Waals surface area contributed by atoms with Gasteiger partial charge in [-0.3, -0.25) is 38.6 Å². The Labute approximate surface area is 376 Å². The quantitative estimate of drug-likeness (QED) is 0.0355. The Kier molecular flexibility index (Phi) is 18.2. The molecule has 7 atom stereocenters. The van der Waals surface area contributed by atoms with Gasteiger partial charge in [-0.2, -0.15) is 0 Å². The first-order valence-electron chi connectivity index (χ1n) is 22.0. The largest absolute Gasteiger partial charge is 0.480 e. The van der Waals surface area contributed by atoms with E-state index in [2.05, 4.69) is 26.3 Å². The number of rotatable bonds is 21. The molecule has 3 saturated heterocycles. The molecule has 2 aromatic rings. The lowest BCUT2D eigenvalue weighted by atomic mass is 10.0. The number of likely N-dealkylation sites (tertiary alicyclic amines) is 3. The van der Waals surface area contributed by atoms with Gasteiger partial charge in [-0.1, -0.05) is 60.7 Å². The monoisotopic (exact) mass is 903 g/mol. The molecule has 21 nitrogen and oxygen atoms in total. The zero-order valence-electron chi connectivity index (χ0n) is 36.3. The van der Waals surface area contributed by atoms with Crippen LogP contribution in [-0.4, -0.2) is 160 Å². The van der Waals surface area contributed by atoms with Crippen LogP contribution in [0.3, 0.4) is 0 Å². The lowest BCUT2D eigenvalue weighted by Gasteiger charge is -2.32. The maximum absolute atomic E-state index is 13.8. The number of nitrogens with one attached hydrogen (secondary N) is 4. The molecular formula is C44H61N11O10. The number of aliphatic hydroxyl groups is 1. The Hall–Kier alpha value is -6.61. The molecule has 0 aliphatic carbocycles. The van der Waals surface area contributed by atoms with E-state index < -0.39 is 90.9 Å². The maximum Gasteiger partial charge on any atom is 0.326 e. The molecule has 2 aromatic carbocycles. The van der Waals surface area contributed by atoms with Crippen molar-refractivity contribution in [2.45, 2.75) is 107 Å². The van der Waals surface area contributed by atoms with E-state index in [0.717, 1.165) is 0 Å². The van der Waals surface area contributed by atoms with E-state index >= 15 is 0 Å². The fraction of sp³-hybridized carbons (Fsp3) is 0.523. The van der Waals surface area contributed by atoms with E-state index in [1.807, 2.05) is 0 Å². The van der Waals surface area contributed by atoms with Crippen molar-refractivity contribution in [3.8, 4) is 0 Å². The molecule has 3 heterocycles.